The number of hydrogen-bond acceptors (Lipinski definition) is 4. The highest BCUT2D eigenvalue weighted by Crippen LogP contribution is 2.28. The van der Waals surface area contributed by atoms with Crippen molar-refractivity contribution in [1.82, 2.24) is 4.98 Å². The quantitative estimate of drug-likeness (QED) is 0.416. The molecule has 0 spiro atoms. The molecule has 2 aromatic carbocycles. The molecule has 0 fully saturated rings. The van der Waals surface area contributed by atoms with E-state index in [1.54, 1.807) is 0 Å². The molecule has 1 aromatic heterocycles. The van der Waals surface area contributed by atoms with Gasteiger partial charge >= 0.3 is 0 Å². The fourth-order valence-corrected chi connectivity index (χ4v) is 3.19. The van der Waals surface area contributed by atoms with E-state index in [1.165, 1.54) is 0 Å². The molecule has 0 bridgehead atoms. The predicted molar refractivity (Wildman–Crippen MR) is 106 cm³/mol. The Balaban J connectivity index is 2.47. The van der Waals surface area contributed by atoms with Crippen molar-refractivity contribution in [2.45, 2.75) is 26.7 Å². The van der Waals surface area contributed by atoms with Gasteiger partial charge in [-0.2, -0.15) is 4.73 Å². The van der Waals surface area contributed by atoms with Gasteiger partial charge in [-0.05, 0) is 36.1 Å². The number of hydrogen-bond donors (Lipinski definition) is 0. The van der Waals surface area contributed by atoms with E-state index in [4.69, 9.17) is 4.98 Å². The minimum absolute atomic E-state index is 0.633. The van der Waals surface area contributed by atoms with Crippen LogP contribution in [0.1, 0.15) is 25.0 Å². The highest BCUT2D eigenvalue weighted by molar-refractivity contribution is 5.89. The smallest absolute Gasteiger partial charge is 0.245 e. The van der Waals surface area contributed by atoms with E-state index in [2.05, 4.69) is 26.0 Å². The second-order valence-electron chi connectivity index (χ2n) is 6.85. The van der Waals surface area contributed by atoms with Crippen LogP contribution in [0.25, 0.3) is 22.1 Å². The summed E-state index contributed by atoms with van der Waals surface area (Å²) >= 11 is 0. The molecular formula is C20H26N4O. The number of rotatable bonds is 4. The van der Waals surface area contributed by atoms with Crippen LogP contribution in [0.15, 0.2) is 24.3 Å². The molecule has 0 amide bonds. The third-order valence-corrected chi connectivity index (χ3v) is 4.76. The summed E-state index contributed by atoms with van der Waals surface area (Å²) in [5, 5.41) is 13.2. The van der Waals surface area contributed by atoms with Crippen LogP contribution in [0.4, 0.5) is 11.4 Å². The molecule has 0 aliphatic carbocycles. The Hall–Kier alpha value is -2.56. The summed E-state index contributed by atoms with van der Waals surface area (Å²) in [5.74, 6) is 0. The Bertz CT molecular complexity index is 874. The lowest BCUT2D eigenvalue weighted by Crippen LogP contribution is -2.30. The van der Waals surface area contributed by atoms with Crippen molar-refractivity contribution >= 4 is 33.4 Å². The Morgan fingerprint density at radius 1 is 0.800 bits per heavy atom. The molecule has 0 aliphatic rings. The first-order valence-electron chi connectivity index (χ1n) is 8.74. The molecule has 25 heavy (non-hydrogen) atoms. The minimum Gasteiger partial charge on any atom is -0.618 e. The van der Waals surface area contributed by atoms with Gasteiger partial charge in [0.25, 0.3) is 0 Å². The summed E-state index contributed by atoms with van der Waals surface area (Å²) in [6, 6.07) is 8.12. The number of anilines is 2. The lowest BCUT2D eigenvalue weighted by molar-refractivity contribution is -0.548. The van der Waals surface area contributed by atoms with Crippen molar-refractivity contribution in [2.24, 2.45) is 0 Å². The molecule has 0 unspecified atom stereocenters. The molecule has 1 heterocycles. The Labute approximate surface area is 149 Å². The van der Waals surface area contributed by atoms with Gasteiger partial charge in [0.1, 0.15) is 11.0 Å². The van der Waals surface area contributed by atoms with E-state index in [0.717, 1.165) is 51.1 Å². The number of benzene rings is 2. The summed E-state index contributed by atoms with van der Waals surface area (Å²) in [6.45, 7) is 4.20. The molecule has 132 valence electrons. The van der Waals surface area contributed by atoms with Crippen molar-refractivity contribution in [3.63, 3.8) is 0 Å². The first-order valence-corrected chi connectivity index (χ1v) is 8.74. The summed E-state index contributed by atoms with van der Waals surface area (Å²) in [7, 11) is 7.96. The second-order valence-corrected chi connectivity index (χ2v) is 6.85. The van der Waals surface area contributed by atoms with Crippen LogP contribution in [0, 0.1) is 5.21 Å². The van der Waals surface area contributed by atoms with Gasteiger partial charge in [0.15, 0.2) is 0 Å². The van der Waals surface area contributed by atoms with Gasteiger partial charge in [0.05, 0.1) is 0 Å². The Kier molecular flexibility index (Phi) is 4.41. The number of aryl methyl sites for hydroxylation is 2. The van der Waals surface area contributed by atoms with Crippen molar-refractivity contribution in [2.75, 3.05) is 38.0 Å². The van der Waals surface area contributed by atoms with E-state index in [9.17, 15) is 5.21 Å². The third kappa shape index (κ3) is 2.84. The summed E-state index contributed by atoms with van der Waals surface area (Å²) < 4.78 is 1.05. The van der Waals surface area contributed by atoms with Crippen molar-refractivity contribution < 1.29 is 4.73 Å². The van der Waals surface area contributed by atoms with Gasteiger partial charge in [-0.3, -0.25) is 0 Å². The molecule has 5 heteroatoms. The molecule has 0 saturated heterocycles. The maximum absolute atomic E-state index is 13.2. The monoisotopic (exact) mass is 338 g/mol. The van der Waals surface area contributed by atoms with E-state index in [1.807, 2.05) is 50.1 Å². The van der Waals surface area contributed by atoms with E-state index >= 15 is 0 Å². The number of aromatic nitrogens is 2. The zero-order valence-corrected chi connectivity index (χ0v) is 15.9. The summed E-state index contributed by atoms with van der Waals surface area (Å²) in [5.41, 5.74) is 7.13. The van der Waals surface area contributed by atoms with E-state index < -0.39 is 0 Å². The largest absolute Gasteiger partial charge is 0.618 e. The van der Waals surface area contributed by atoms with Crippen LogP contribution >= 0.6 is 0 Å². The van der Waals surface area contributed by atoms with Gasteiger partial charge in [0, 0.05) is 51.7 Å². The molecule has 0 N–H and O–H groups in total. The highest BCUT2D eigenvalue weighted by atomic mass is 16.5. The van der Waals surface area contributed by atoms with Crippen LogP contribution < -0.4 is 14.5 Å². The van der Waals surface area contributed by atoms with Crippen molar-refractivity contribution in [3.8, 4) is 0 Å². The zero-order chi connectivity index (χ0) is 18.3. The van der Waals surface area contributed by atoms with Crippen molar-refractivity contribution in [1.29, 1.82) is 0 Å². The summed E-state index contributed by atoms with van der Waals surface area (Å²) in [6.07, 6.45) is 1.68. The summed E-state index contributed by atoms with van der Waals surface area (Å²) in [4.78, 5) is 8.97. The van der Waals surface area contributed by atoms with Crippen LogP contribution in [-0.2, 0) is 12.8 Å². The molecule has 0 aliphatic heterocycles. The molecule has 5 nitrogen and oxygen atoms in total. The first-order chi connectivity index (χ1) is 11.9. The number of fused-ring (bicyclic) bond motifs is 2. The average Bonchev–Trinajstić information content (AvgIpc) is 2.60. The van der Waals surface area contributed by atoms with Crippen LogP contribution in [0.5, 0.6) is 0 Å². The van der Waals surface area contributed by atoms with Gasteiger partial charge in [0.2, 0.25) is 11.0 Å². The van der Waals surface area contributed by atoms with Gasteiger partial charge < -0.3 is 15.0 Å². The molecular weight excluding hydrogens is 312 g/mol. The van der Waals surface area contributed by atoms with Crippen LogP contribution in [0.3, 0.4) is 0 Å². The standard InChI is InChI=1S/C20H26N4O/c1-7-13-9-15(22(3)4)11-17-19(13)21-20-14(8-2)10-16(23(5)6)12-18(20)24(17)25/h9-12H,7-8H2,1-6H3. The maximum Gasteiger partial charge on any atom is 0.245 e. The van der Waals surface area contributed by atoms with Gasteiger partial charge in [-0.25, -0.2) is 4.98 Å². The molecule has 0 atom stereocenters. The maximum atomic E-state index is 13.2. The van der Waals surface area contributed by atoms with Gasteiger partial charge in [-0.1, -0.05) is 13.8 Å². The lowest BCUT2D eigenvalue weighted by atomic mass is 10.1. The van der Waals surface area contributed by atoms with E-state index in [-0.39, 0.29) is 0 Å². The van der Waals surface area contributed by atoms with Gasteiger partial charge in [-0.15, -0.1) is 0 Å². The molecule has 3 rings (SSSR count). The fourth-order valence-electron chi connectivity index (χ4n) is 3.19. The first kappa shape index (κ1) is 17.3. The highest BCUT2D eigenvalue weighted by Gasteiger charge is 2.19. The molecule has 0 saturated carbocycles. The fraction of sp³-hybridized carbons (Fsp3) is 0.400. The normalized spacial score (nSPS) is 11.3. The minimum atomic E-state index is 0.633. The zero-order valence-electron chi connectivity index (χ0n) is 15.9. The second kappa shape index (κ2) is 6.39. The molecule has 3 aromatic rings. The van der Waals surface area contributed by atoms with E-state index in [0.29, 0.717) is 11.0 Å². The Morgan fingerprint density at radius 3 is 1.52 bits per heavy atom. The predicted octanol–water partition coefficient (Wildman–Crippen LogP) is 3.28. The average molecular weight is 338 g/mol. The lowest BCUT2D eigenvalue weighted by Gasteiger charge is -2.18. The van der Waals surface area contributed by atoms with Crippen LogP contribution in [0.2, 0.25) is 0 Å². The topological polar surface area (TPSA) is 46.3 Å². The van der Waals surface area contributed by atoms with Crippen LogP contribution in [-0.4, -0.2) is 33.2 Å². The SMILES string of the molecule is CCc1cc(N(C)C)cc2c1nc1c(CC)cc(N(C)C)cc1[n+]2[O-]. The number of nitrogens with zero attached hydrogens (tertiary/aromatic N) is 4. The third-order valence-electron chi connectivity index (χ3n) is 4.76. The Morgan fingerprint density at radius 2 is 1.20 bits per heavy atom. The molecule has 0 radical (unpaired) electrons. The van der Waals surface area contributed by atoms with Crippen molar-refractivity contribution in [3.05, 3.63) is 40.6 Å².